The first-order valence-electron chi connectivity index (χ1n) is 6.40. The Labute approximate surface area is 118 Å². The molecule has 1 heterocycles. The van der Waals surface area contributed by atoms with E-state index in [0.717, 1.165) is 29.4 Å². The number of amides is 1. The van der Waals surface area contributed by atoms with Crippen molar-refractivity contribution < 1.29 is 9.53 Å². The van der Waals surface area contributed by atoms with Crippen LogP contribution in [0.5, 0.6) is 5.75 Å². The number of benzene rings is 1. The summed E-state index contributed by atoms with van der Waals surface area (Å²) in [6, 6.07) is 7.92. The summed E-state index contributed by atoms with van der Waals surface area (Å²) in [7, 11) is 3.54. The van der Waals surface area contributed by atoms with Crippen LogP contribution < -0.4 is 10.1 Å². The van der Waals surface area contributed by atoms with E-state index in [-0.39, 0.29) is 11.9 Å². The number of thioether (sulfide) groups is 1. The number of carbonyl (C=O) groups is 1. The highest BCUT2D eigenvalue weighted by molar-refractivity contribution is 7.99. The third-order valence-corrected chi connectivity index (χ3v) is 4.24. The van der Waals surface area contributed by atoms with Crippen molar-refractivity contribution in [1.29, 1.82) is 0 Å². The average Bonchev–Trinajstić information content (AvgIpc) is 2.98. The number of methoxy groups -OCH3 is 1. The van der Waals surface area contributed by atoms with Crippen molar-refractivity contribution in [3.05, 3.63) is 29.8 Å². The topological polar surface area (TPSA) is 41.6 Å². The van der Waals surface area contributed by atoms with Gasteiger partial charge < -0.3 is 9.64 Å². The van der Waals surface area contributed by atoms with E-state index in [0.29, 0.717) is 6.54 Å². The molecule has 2 rings (SSSR count). The van der Waals surface area contributed by atoms with E-state index >= 15 is 0 Å². The van der Waals surface area contributed by atoms with Gasteiger partial charge in [0.25, 0.3) is 0 Å². The van der Waals surface area contributed by atoms with Gasteiger partial charge in [0.05, 0.1) is 13.2 Å². The van der Waals surface area contributed by atoms with Crippen molar-refractivity contribution in [3.8, 4) is 5.75 Å². The van der Waals surface area contributed by atoms with E-state index in [2.05, 4.69) is 5.32 Å². The number of hydrogen-bond donors (Lipinski definition) is 1. The Bertz CT molecular complexity index is 433. The number of nitrogens with one attached hydrogen (secondary N) is 1. The SMILES string of the molecule is COc1ccccc1CCN(C)C(=O)[C@@H]1CSCN1. The minimum Gasteiger partial charge on any atom is -0.496 e. The van der Waals surface area contributed by atoms with Crippen molar-refractivity contribution in [2.45, 2.75) is 12.5 Å². The Morgan fingerprint density at radius 3 is 3.00 bits per heavy atom. The molecular formula is C14H20N2O2S. The molecule has 0 spiro atoms. The number of hydrogen-bond acceptors (Lipinski definition) is 4. The van der Waals surface area contributed by atoms with Crippen LogP contribution in [-0.2, 0) is 11.2 Å². The molecule has 0 aliphatic carbocycles. The summed E-state index contributed by atoms with van der Waals surface area (Å²) in [4.78, 5) is 13.9. The van der Waals surface area contributed by atoms with Gasteiger partial charge in [0.2, 0.25) is 5.91 Å². The predicted molar refractivity (Wildman–Crippen MR) is 78.6 cm³/mol. The maximum atomic E-state index is 12.1. The van der Waals surface area contributed by atoms with E-state index in [9.17, 15) is 4.79 Å². The van der Waals surface area contributed by atoms with Gasteiger partial charge in [-0.15, -0.1) is 11.8 Å². The molecule has 1 aliphatic heterocycles. The molecule has 0 unspecified atom stereocenters. The van der Waals surface area contributed by atoms with Crippen LogP contribution in [0, 0.1) is 0 Å². The Balaban J connectivity index is 1.88. The molecule has 1 fully saturated rings. The van der Waals surface area contributed by atoms with Crippen molar-refractivity contribution in [2.75, 3.05) is 32.3 Å². The van der Waals surface area contributed by atoms with Gasteiger partial charge in [-0.3, -0.25) is 10.1 Å². The van der Waals surface area contributed by atoms with Crippen LogP contribution in [0.15, 0.2) is 24.3 Å². The first-order chi connectivity index (χ1) is 9.22. The molecule has 19 heavy (non-hydrogen) atoms. The normalized spacial score (nSPS) is 18.3. The largest absolute Gasteiger partial charge is 0.496 e. The summed E-state index contributed by atoms with van der Waals surface area (Å²) < 4.78 is 5.32. The van der Waals surface area contributed by atoms with Gasteiger partial charge >= 0.3 is 0 Å². The lowest BCUT2D eigenvalue weighted by atomic mass is 10.1. The molecule has 5 heteroatoms. The van der Waals surface area contributed by atoms with Crippen LogP contribution >= 0.6 is 11.8 Å². The summed E-state index contributed by atoms with van der Waals surface area (Å²) in [5.41, 5.74) is 1.14. The first kappa shape index (κ1) is 14.2. The van der Waals surface area contributed by atoms with Gasteiger partial charge in [0.15, 0.2) is 0 Å². The van der Waals surface area contributed by atoms with E-state index in [1.807, 2.05) is 31.3 Å². The molecule has 1 amide bonds. The molecule has 1 aromatic carbocycles. The number of rotatable bonds is 5. The molecule has 0 bridgehead atoms. The minimum atomic E-state index is -0.0207. The standard InChI is InChI=1S/C14H20N2O2S/c1-16(14(17)12-9-19-10-15-12)8-7-11-5-3-4-6-13(11)18-2/h3-6,12,15H,7-10H2,1-2H3/t12-/m0/s1. The lowest BCUT2D eigenvalue weighted by Gasteiger charge is -2.21. The lowest BCUT2D eigenvalue weighted by molar-refractivity contribution is -0.131. The first-order valence-corrected chi connectivity index (χ1v) is 7.56. The fraction of sp³-hybridized carbons (Fsp3) is 0.500. The molecular weight excluding hydrogens is 260 g/mol. The molecule has 1 aromatic rings. The second-order valence-electron chi connectivity index (χ2n) is 4.59. The predicted octanol–water partition coefficient (Wildman–Crippen LogP) is 1.36. The Kier molecular flexibility index (Phi) is 5.10. The zero-order chi connectivity index (χ0) is 13.7. The second kappa shape index (κ2) is 6.82. The van der Waals surface area contributed by atoms with Gasteiger partial charge in [-0.2, -0.15) is 0 Å². The molecule has 1 N–H and O–H groups in total. The van der Waals surface area contributed by atoms with Gasteiger partial charge in [-0.1, -0.05) is 18.2 Å². The number of nitrogens with zero attached hydrogens (tertiary/aromatic N) is 1. The molecule has 0 aromatic heterocycles. The van der Waals surface area contributed by atoms with Gasteiger partial charge in [0.1, 0.15) is 5.75 Å². The zero-order valence-corrected chi connectivity index (χ0v) is 12.2. The van der Waals surface area contributed by atoms with E-state index in [1.54, 1.807) is 23.8 Å². The second-order valence-corrected chi connectivity index (χ2v) is 5.62. The summed E-state index contributed by atoms with van der Waals surface area (Å²) in [6.45, 7) is 0.710. The quantitative estimate of drug-likeness (QED) is 0.884. The Morgan fingerprint density at radius 1 is 1.53 bits per heavy atom. The van der Waals surface area contributed by atoms with Crippen molar-refractivity contribution in [1.82, 2.24) is 10.2 Å². The molecule has 0 radical (unpaired) electrons. The fourth-order valence-electron chi connectivity index (χ4n) is 2.13. The van der Waals surface area contributed by atoms with Crippen LogP contribution in [0.2, 0.25) is 0 Å². The maximum absolute atomic E-state index is 12.1. The van der Waals surface area contributed by atoms with E-state index in [4.69, 9.17) is 4.74 Å². The monoisotopic (exact) mass is 280 g/mol. The van der Waals surface area contributed by atoms with Crippen molar-refractivity contribution in [2.24, 2.45) is 0 Å². The van der Waals surface area contributed by atoms with Crippen LogP contribution in [0.25, 0.3) is 0 Å². The third-order valence-electron chi connectivity index (χ3n) is 3.30. The highest BCUT2D eigenvalue weighted by Crippen LogP contribution is 2.18. The van der Waals surface area contributed by atoms with Gasteiger partial charge in [-0.25, -0.2) is 0 Å². The zero-order valence-electron chi connectivity index (χ0n) is 11.4. The number of para-hydroxylation sites is 1. The highest BCUT2D eigenvalue weighted by Gasteiger charge is 2.25. The summed E-state index contributed by atoms with van der Waals surface area (Å²) in [6.07, 6.45) is 0.812. The van der Waals surface area contributed by atoms with Crippen LogP contribution in [0.1, 0.15) is 5.56 Å². The number of ether oxygens (including phenoxy) is 1. The molecule has 4 nitrogen and oxygen atoms in total. The molecule has 0 saturated carbocycles. The molecule has 1 aliphatic rings. The average molecular weight is 280 g/mol. The maximum Gasteiger partial charge on any atom is 0.240 e. The Morgan fingerprint density at radius 2 is 2.32 bits per heavy atom. The lowest BCUT2D eigenvalue weighted by Crippen LogP contribution is -2.43. The van der Waals surface area contributed by atoms with Crippen LogP contribution in [0.4, 0.5) is 0 Å². The smallest absolute Gasteiger partial charge is 0.240 e. The summed E-state index contributed by atoms with van der Waals surface area (Å²) >= 11 is 1.77. The minimum absolute atomic E-state index is 0.0207. The highest BCUT2D eigenvalue weighted by atomic mass is 32.2. The fourth-order valence-corrected chi connectivity index (χ4v) is 3.06. The summed E-state index contributed by atoms with van der Waals surface area (Å²) in [5.74, 6) is 2.81. The number of carbonyl (C=O) groups excluding carboxylic acids is 1. The molecule has 1 saturated heterocycles. The molecule has 104 valence electrons. The third kappa shape index (κ3) is 3.64. The van der Waals surface area contributed by atoms with Crippen molar-refractivity contribution >= 4 is 17.7 Å². The molecule has 1 atom stereocenters. The Hall–Kier alpha value is -1.20. The van der Waals surface area contributed by atoms with E-state index < -0.39 is 0 Å². The number of likely N-dealkylation sites (N-methyl/N-ethyl adjacent to an activating group) is 1. The van der Waals surface area contributed by atoms with Crippen molar-refractivity contribution in [3.63, 3.8) is 0 Å². The van der Waals surface area contributed by atoms with Gasteiger partial charge in [-0.05, 0) is 18.1 Å². The van der Waals surface area contributed by atoms with Gasteiger partial charge in [0, 0.05) is 25.2 Å². The van der Waals surface area contributed by atoms with E-state index in [1.165, 1.54) is 0 Å². The van der Waals surface area contributed by atoms with Crippen LogP contribution in [-0.4, -0.2) is 49.2 Å². The van der Waals surface area contributed by atoms with Crippen LogP contribution in [0.3, 0.4) is 0 Å². The summed E-state index contributed by atoms with van der Waals surface area (Å²) in [5, 5.41) is 3.21.